The molecule has 1 aromatic rings. The standard InChI is InChI=1S/C16H24N4O/c1-20-12-3-2-4-13(20)9-11(8-12)19-15-6-5-10(17)7-14(15)16(18)21/h5-7,11-13,19H,2-4,8-9,17H2,1H3,(H2,18,21). The van der Waals surface area contributed by atoms with Gasteiger partial charge in [-0.3, -0.25) is 4.79 Å². The van der Waals surface area contributed by atoms with Crippen LogP contribution >= 0.6 is 0 Å². The lowest BCUT2D eigenvalue weighted by atomic mass is 9.82. The zero-order valence-corrected chi connectivity index (χ0v) is 12.5. The molecule has 2 saturated heterocycles. The Morgan fingerprint density at radius 1 is 1.29 bits per heavy atom. The van der Waals surface area contributed by atoms with Gasteiger partial charge in [0.2, 0.25) is 0 Å². The molecule has 114 valence electrons. The van der Waals surface area contributed by atoms with Crippen LogP contribution in [0.15, 0.2) is 18.2 Å². The van der Waals surface area contributed by atoms with Gasteiger partial charge in [-0.15, -0.1) is 0 Å². The van der Waals surface area contributed by atoms with E-state index in [2.05, 4.69) is 17.3 Å². The van der Waals surface area contributed by atoms with Crippen LogP contribution in [0.25, 0.3) is 0 Å². The van der Waals surface area contributed by atoms with Crippen LogP contribution < -0.4 is 16.8 Å². The normalized spacial score (nSPS) is 29.1. The van der Waals surface area contributed by atoms with Crippen LogP contribution in [0.3, 0.4) is 0 Å². The highest BCUT2D eigenvalue weighted by molar-refractivity contribution is 5.99. The van der Waals surface area contributed by atoms with Crippen molar-refractivity contribution in [2.24, 2.45) is 5.73 Å². The Labute approximate surface area is 125 Å². The molecule has 2 aliphatic heterocycles. The number of nitrogens with two attached hydrogens (primary N) is 2. The van der Waals surface area contributed by atoms with E-state index in [9.17, 15) is 4.79 Å². The molecule has 0 aromatic heterocycles. The van der Waals surface area contributed by atoms with E-state index in [0.29, 0.717) is 29.4 Å². The molecule has 2 fully saturated rings. The number of anilines is 2. The molecule has 0 spiro atoms. The Balaban J connectivity index is 1.77. The average Bonchev–Trinajstić information content (AvgIpc) is 2.41. The first-order chi connectivity index (χ1) is 10.0. The maximum absolute atomic E-state index is 11.6. The number of hydrogen-bond acceptors (Lipinski definition) is 4. The highest BCUT2D eigenvalue weighted by atomic mass is 16.1. The number of amides is 1. The summed E-state index contributed by atoms with van der Waals surface area (Å²) in [7, 11) is 2.24. The summed E-state index contributed by atoms with van der Waals surface area (Å²) in [6.45, 7) is 0. The number of carbonyl (C=O) groups excluding carboxylic acids is 1. The Morgan fingerprint density at radius 3 is 2.57 bits per heavy atom. The van der Waals surface area contributed by atoms with Crippen molar-refractivity contribution >= 4 is 17.3 Å². The second-order valence-electron chi connectivity index (χ2n) is 6.39. The summed E-state index contributed by atoms with van der Waals surface area (Å²) in [5.41, 5.74) is 13.1. The summed E-state index contributed by atoms with van der Waals surface area (Å²) in [5.74, 6) is -0.432. The number of piperidine rings is 2. The molecule has 0 aliphatic carbocycles. The minimum Gasteiger partial charge on any atom is -0.399 e. The fourth-order valence-corrected chi connectivity index (χ4v) is 3.85. The Kier molecular flexibility index (Phi) is 3.76. The van der Waals surface area contributed by atoms with E-state index >= 15 is 0 Å². The lowest BCUT2D eigenvalue weighted by Crippen LogP contribution is -2.52. The summed E-state index contributed by atoms with van der Waals surface area (Å²) < 4.78 is 0. The number of hydrogen-bond donors (Lipinski definition) is 3. The van der Waals surface area contributed by atoms with Crippen LogP contribution in [0.5, 0.6) is 0 Å². The molecule has 1 aromatic carbocycles. The molecular weight excluding hydrogens is 264 g/mol. The van der Waals surface area contributed by atoms with E-state index in [4.69, 9.17) is 11.5 Å². The van der Waals surface area contributed by atoms with Gasteiger partial charge in [0.25, 0.3) is 5.91 Å². The molecule has 2 unspecified atom stereocenters. The number of nitrogen functional groups attached to an aromatic ring is 1. The highest BCUT2D eigenvalue weighted by Crippen LogP contribution is 2.34. The van der Waals surface area contributed by atoms with E-state index in [0.717, 1.165) is 18.5 Å². The molecule has 0 radical (unpaired) electrons. The number of nitrogens with one attached hydrogen (secondary N) is 1. The maximum atomic E-state index is 11.6. The topological polar surface area (TPSA) is 84.4 Å². The molecule has 2 bridgehead atoms. The number of benzene rings is 1. The Bertz CT molecular complexity index is 531. The van der Waals surface area contributed by atoms with Crippen molar-refractivity contribution in [3.8, 4) is 0 Å². The van der Waals surface area contributed by atoms with Gasteiger partial charge < -0.3 is 21.7 Å². The minimum atomic E-state index is -0.432. The summed E-state index contributed by atoms with van der Waals surface area (Å²) >= 11 is 0. The van der Waals surface area contributed by atoms with E-state index in [1.807, 2.05) is 12.1 Å². The summed E-state index contributed by atoms with van der Waals surface area (Å²) in [6, 6.07) is 7.04. The van der Waals surface area contributed by atoms with Gasteiger partial charge >= 0.3 is 0 Å². The summed E-state index contributed by atoms with van der Waals surface area (Å²) in [4.78, 5) is 14.1. The van der Waals surface area contributed by atoms with Crippen molar-refractivity contribution in [2.45, 2.75) is 50.2 Å². The van der Waals surface area contributed by atoms with Crippen molar-refractivity contribution in [1.29, 1.82) is 0 Å². The van der Waals surface area contributed by atoms with Crippen molar-refractivity contribution in [3.05, 3.63) is 23.8 Å². The van der Waals surface area contributed by atoms with Gasteiger partial charge in [0.1, 0.15) is 0 Å². The predicted octanol–water partition coefficient (Wildman–Crippen LogP) is 1.79. The van der Waals surface area contributed by atoms with Crippen molar-refractivity contribution in [3.63, 3.8) is 0 Å². The lowest BCUT2D eigenvalue weighted by Gasteiger charge is -2.47. The molecule has 5 heteroatoms. The number of rotatable bonds is 3. The molecule has 0 saturated carbocycles. The van der Waals surface area contributed by atoms with E-state index in [1.54, 1.807) is 6.07 Å². The SMILES string of the molecule is CN1C2CCCC1CC(Nc1ccc(N)cc1C(N)=O)C2. The van der Waals surface area contributed by atoms with E-state index in [1.165, 1.54) is 19.3 Å². The van der Waals surface area contributed by atoms with Crippen molar-refractivity contribution < 1.29 is 4.79 Å². The number of primary amides is 1. The number of fused-ring (bicyclic) bond motifs is 2. The molecule has 21 heavy (non-hydrogen) atoms. The van der Waals surface area contributed by atoms with Gasteiger partial charge in [-0.05, 0) is 50.9 Å². The molecule has 5 nitrogen and oxygen atoms in total. The van der Waals surface area contributed by atoms with E-state index < -0.39 is 5.91 Å². The summed E-state index contributed by atoms with van der Waals surface area (Å²) in [5, 5.41) is 3.52. The van der Waals surface area contributed by atoms with Crippen molar-refractivity contribution in [1.82, 2.24) is 4.90 Å². The van der Waals surface area contributed by atoms with Crippen molar-refractivity contribution in [2.75, 3.05) is 18.1 Å². The molecule has 1 amide bonds. The molecule has 5 N–H and O–H groups in total. The molecular formula is C16H24N4O. The third-order valence-corrected chi connectivity index (χ3v) is 5.01. The van der Waals surface area contributed by atoms with Gasteiger partial charge in [-0.1, -0.05) is 6.42 Å². The van der Waals surface area contributed by atoms with Gasteiger partial charge in [0.15, 0.2) is 0 Å². The number of carbonyl (C=O) groups is 1. The third kappa shape index (κ3) is 2.83. The second-order valence-corrected chi connectivity index (χ2v) is 6.39. The van der Waals surface area contributed by atoms with Crippen LogP contribution in [0.2, 0.25) is 0 Å². The minimum absolute atomic E-state index is 0.401. The van der Waals surface area contributed by atoms with Gasteiger partial charge in [0, 0.05) is 29.5 Å². The van der Waals surface area contributed by atoms with Gasteiger partial charge in [0.05, 0.1) is 5.56 Å². The molecule has 2 atom stereocenters. The highest BCUT2D eigenvalue weighted by Gasteiger charge is 2.36. The maximum Gasteiger partial charge on any atom is 0.250 e. The first-order valence-electron chi connectivity index (χ1n) is 7.72. The molecule has 3 rings (SSSR count). The zero-order chi connectivity index (χ0) is 15.0. The van der Waals surface area contributed by atoms with Crippen LogP contribution in [0.1, 0.15) is 42.5 Å². The Morgan fingerprint density at radius 2 is 1.95 bits per heavy atom. The lowest BCUT2D eigenvalue weighted by molar-refractivity contribution is 0.0608. The van der Waals surface area contributed by atoms with E-state index in [-0.39, 0.29) is 0 Å². The van der Waals surface area contributed by atoms with Crippen LogP contribution in [-0.4, -0.2) is 36.0 Å². The predicted molar refractivity (Wildman–Crippen MR) is 85.2 cm³/mol. The van der Waals surface area contributed by atoms with Gasteiger partial charge in [-0.25, -0.2) is 0 Å². The van der Waals surface area contributed by atoms with Gasteiger partial charge in [-0.2, -0.15) is 0 Å². The fraction of sp³-hybridized carbons (Fsp3) is 0.562. The number of nitrogens with zero attached hydrogens (tertiary/aromatic N) is 1. The second kappa shape index (κ2) is 5.56. The first kappa shape index (κ1) is 14.2. The largest absolute Gasteiger partial charge is 0.399 e. The van der Waals surface area contributed by atoms with Crippen LogP contribution in [-0.2, 0) is 0 Å². The smallest absolute Gasteiger partial charge is 0.250 e. The fourth-order valence-electron chi connectivity index (χ4n) is 3.85. The average molecular weight is 288 g/mol. The first-order valence-corrected chi connectivity index (χ1v) is 7.72. The van der Waals surface area contributed by atoms with Crippen LogP contribution in [0, 0.1) is 0 Å². The quantitative estimate of drug-likeness (QED) is 0.740. The monoisotopic (exact) mass is 288 g/mol. The molecule has 2 heterocycles. The van der Waals surface area contributed by atoms with Crippen LogP contribution in [0.4, 0.5) is 11.4 Å². The summed E-state index contributed by atoms with van der Waals surface area (Å²) in [6.07, 6.45) is 6.12. The zero-order valence-electron chi connectivity index (χ0n) is 12.5. The molecule has 2 aliphatic rings. The third-order valence-electron chi connectivity index (χ3n) is 5.01. The Hall–Kier alpha value is -1.75.